The first kappa shape index (κ1) is 12.8. The smallest absolute Gasteiger partial charge is 0.287 e. The van der Waals surface area contributed by atoms with Crippen LogP contribution in [0.2, 0.25) is 0 Å². The van der Waals surface area contributed by atoms with Crippen molar-refractivity contribution in [3.8, 4) is 0 Å². The number of hydrogen-bond donors (Lipinski definition) is 1. The fourth-order valence-corrected chi connectivity index (χ4v) is 2.26. The van der Waals surface area contributed by atoms with E-state index in [0.717, 1.165) is 25.9 Å². The van der Waals surface area contributed by atoms with Gasteiger partial charge >= 0.3 is 0 Å². The van der Waals surface area contributed by atoms with Crippen molar-refractivity contribution < 1.29 is 9.21 Å². The number of carbonyl (C=O) groups excluding carboxylic acids is 1. The van der Waals surface area contributed by atoms with Crippen molar-refractivity contribution in [2.24, 2.45) is 0 Å². The van der Waals surface area contributed by atoms with E-state index in [-0.39, 0.29) is 23.1 Å². The van der Waals surface area contributed by atoms with Crippen molar-refractivity contribution in [3.63, 3.8) is 0 Å². The number of piperidine rings is 1. The molecule has 0 aromatic carbocycles. The van der Waals surface area contributed by atoms with Crippen molar-refractivity contribution in [2.75, 3.05) is 20.1 Å². The van der Waals surface area contributed by atoms with Gasteiger partial charge in [0.05, 0.1) is 0 Å². The van der Waals surface area contributed by atoms with Gasteiger partial charge in [0.2, 0.25) is 0 Å². The second-order valence-corrected chi connectivity index (χ2v) is 4.84. The zero-order valence-corrected chi connectivity index (χ0v) is 10.7. The molecule has 1 aromatic rings. The SMILES string of the molecule is Cc1cc(=O)cc(C(=O)NC2CCCN(C)C2)o1. The van der Waals surface area contributed by atoms with E-state index in [2.05, 4.69) is 10.2 Å². The van der Waals surface area contributed by atoms with E-state index >= 15 is 0 Å². The Morgan fingerprint density at radius 2 is 2.28 bits per heavy atom. The van der Waals surface area contributed by atoms with Gasteiger partial charge in [-0.2, -0.15) is 0 Å². The van der Waals surface area contributed by atoms with E-state index in [4.69, 9.17) is 4.42 Å². The molecule has 5 heteroatoms. The van der Waals surface area contributed by atoms with Crippen LogP contribution in [0.25, 0.3) is 0 Å². The van der Waals surface area contributed by atoms with Crippen molar-refractivity contribution in [2.45, 2.75) is 25.8 Å². The second-order valence-electron chi connectivity index (χ2n) is 4.84. The Morgan fingerprint density at radius 1 is 1.50 bits per heavy atom. The topological polar surface area (TPSA) is 62.6 Å². The highest BCUT2D eigenvalue weighted by molar-refractivity contribution is 5.91. The summed E-state index contributed by atoms with van der Waals surface area (Å²) in [5.41, 5.74) is -0.204. The predicted octanol–water partition coefficient (Wildman–Crippen LogP) is 0.772. The lowest BCUT2D eigenvalue weighted by molar-refractivity contribution is 0.0880. The first-order chi connectivity index (χ1) is 8.54. The third-order valence-electron chi connectivity index (χ3n) is 3.07. The minimum atomic E-state index is -0.309. The number of rotatable bonds is 2. The quantitative estimate of drug-likeness (QED) is 0.842. The molecule has 1 aliphatic heterocycles. The standard InChI is InChI=1S/C13H18N2O3/c1-9-6-11(16)7-12(18-9)13(17)14-10-4-3-5-15(2)8-10/h6-7,10H,3-5,8H2,1-2H3,(H,14,17). The number of aryl methyl sites for hydroxylation is 1. The summed E-state index contributed by atoms with van der Waals surface area (Å²) in [6, 6.07) is 2.72. The number of likely N-dealkylation sites (tertiary alicyclic amines) is 1. The van der Waals surface area contributed by atoms with E-state index < -0.39 is 0 Å². The van der Waals surface area contributed by atoms with Crippen LogP contribution in [0.3, 0.4) is 0 Å². The normalized spacial score (nSPS) is 20.7. The van der Waals surface area contributed by atoms with Crippen molar-refractivity contribution >= 4 is 5.91 Å². The maximum atomic E-state index is 12.0. The van der Waals surface area contributed by atoms with Crippen LogP contribution in [0.4, 0.5) is 0 Å². The average Bonchev–Trinajstić information content (AvgIpc) is 2.27. The van der Waals surface area contributed by atoms with Crippen molar-refractivity contribution in [1.29, 1.82) is 0 Å². The Balaban J connectivity index is 2.05. The van der Waals surface area contributed by atoms with Gasteiger partial charge in [-0.1, -0.05) is 0 Å². The maximum absolute atomic E-state index is 12.0. The van der Waals surface area contributed by atoms with Crippen molar-refractivity contribution in [3.05, 3.63) is 33.9 Å². The van der Waals surface area contributed by atoms with Crippen LogP contribution in [0.1, 0.15) is 29.2 Å². The molecular weight excluding hydrogens is 232 g/mol. The van der Waals surface area contributed by atoms with E-state index in [1.807, 2.05) is 7.05 Å². The van der Waals surface area contributed by atoms with E-state index in [1.165, 1.54) is 12.1 Å². The van der Waals surface area contributed by atoms with Crippen LogP contribution in [0.15, 0.2) is 21.3 Å². The monoisotopic (exact) mass is 250 g/mol. The van der Waals surface area contributed by atoms with Crippen LogP contribution in [-0.4, -0.2) is 37.0 Å². The molecule has 2 heterocycles. The lowest BCUT2D eigenvalue weighted by Gasteiger charge is -2.29. The fourth-order valence-electron chi connectivity index (χ4n) is 2.26. The molecule has 1 aliphatic rings. The minimum Gasteiger partial charge on any atom is -0.456 e. The Kier molecular flexibility index (Phi) is 3.81. The van der Waals surface area contributed by atoms with E-state index in [9.17, 15) is 9.59 Å². The maximum Gasteiger partial charge on any atom is 0.287 e. The van der Waals surface area contributed by atoms with Gasteiger partial charge in [0, 0.05) is 24.7 Å². The molecule has 1 saturated heterocycles. The summed E-state index contributed by atoms with van der Waals surface area (Å²) in [5, 5.41) is 2.91. The minimum absolute atomic E-state index is 0.0910. The highest BCUT2D eigenvalue weighted by atomic mass is 16.3. The van der Waals surface area contributed by atoms with Crippen LogP contribution in [-0.2, 0) is 0 Å². The molecule has 1 aromatic heterocycles. The molecular formula is C13H18N2O3. The summed E-state index contributed by atoms with van der Waals surface area (Å²) in [5.74, 6) is 0.234. The number of likely N-dealkylation sites (N-methyl/N-ethyl adjacent to an activating group) is 1. The van der Waals surface area contributed by atoms with Crippen LogP contribution in [0.5, 0.6) is 0 Å². The molecule has 0 bridgehead atoms. The van der Waals surface area contributed by atoms with Gasteiger partial charge in [-0.25, -0.2) is 0 Å². The molecule has 0 spiro atoms. The molecule has 0 radical (unpaired) electrons. The highest BCUT2D eigenvalue weighted by Gasteiger charge is 2.20. The predicted molar refractivity (Wildman–Crippen MR) is 67.7 cm³/mol. The zero-order chi connectivity index (χ0) is 13.1. The average molecular weight is 250 g/mol. The number of nitrogens with zero attached hydrogens (tertiary/aromatic N) is 1. The molecule has 1 fully saturated rings. The summed E-state index contributed by atoms with van der Waals surface area (Å²) >= 11 is 0. The van der Waals surface area contributed by atoms with Crippen LogP contribution < -0.4 is 10.7 Å². The Morgan fingerprint density at radius 3 is 2.94 bits per heavy atom. The molecule has 18 heavy (non-hydrogen) atoms. The van der Waals surface area contributed by atoms with Gasteiger partial charge in [0.15, 0.2) is 11.2 Å². The van der Waals surface area contributed by atoms with Gasteiger partial charge in [-0.15, -0.1) is 0 Å². The Bertz CT molecular complexity index is 495. The third kappa shape index (κ3) is 3.20. The molecule has 1 atom stereocenters. The van der Waals surface area contributed by atoms with Gasteiger partial charge in [-0.3, -0.25) is 9.59 Å². The lowest BCUT2D eigenvalue weighted by Crippen LogP contribution is -2.46. The Labute approximate surface area is 106 Å². The molecule has 2 rings (SSSR count). The summed E-state index contributed by atoms with van der Waals surface area (Å²) in [4.78, 5) is 25.5. The molecule has 1 amide bonds. The summed E-state index contributed by atoms with van der Waals surface area (Å²) in [6.07, 6.45) is 2.03. The molecule has 0 aliphatic carbocycles. The van der Waals surface area contributed by atoms with Crippen molar-refractivity contribution in [1.82, 2.24) is 10.2 Å². The molecule has 1 unspecified atom stereocenters. The first-order valence-electron chi connectivity index (χ1n) is 6.16. The van der Waals surface area contributed by atoms with Crippen LogP contribution >= 0.6 is 0 Å². The van der Waals surface area contributed by atoms with Gasteiger partial charge in [0.1, 0.15) is 5.76 Å². The van der Waals surface area contributed by atoms with Crippen LogP contribution in [0, 0.1) is 6.92 Å². The second kappa shape index (κ2) is 5.35. The molecule has 98 valence electrons. The number of nitrogens with one attached hydrogen (secondary N) is 1. The number of hydrogen-bond acceptors (Lipinski definition) is 4. The molecule has 0 saturated carbocycles. The number of carbonyl (C=O) groups is 1. The summed E-state index contributed by atoms with van der Waals surface area (Å²) in [7, 11) is 2.03. The third-order valence-corrected chi connectivity index (χ3v) is 3.07. The van der Waals surface area contributed by atoms with Gasteiger partial charge in [0.25, 0.3) is 5.91 Å². The fraction of sp³-hybridized carbons (Fsp3) is 0.538. The summed E-state index contributed by atoms with van der Waals surface area (Å²) in [6.45, 7) is 3.56. The van der Waals surface area contributed by atoms with E-state index in [0.29, 0.717) is 5.76 Å². The highest BCUT2D eigenvalue weighted by Crippen LogP contribution is 2.09. The molecule has 1 N–H and O–H groups in total. The molecule has 5 nitrogen and oxygen atoms in total. The largest absolute Gasteiger partial charge is 0.456 e. The van der Waals surface area contributed by atoms with E-state index in [1.54, 1.807) is 6.92 Å². The van der Waals surface area contributed by atoms with Gasteiger partial charge < -0.3 is 14.6 Å². The van der Waals surface area contributed by atoms with Gasteiger partial charge in [-0.05, 0) is 33.4 Å². The first-order valence-corrected chi connectivity index (χ1v) is 6.16. The Hall–Kier alpha value is -1.62. The lowest BCUT2D eigenvalue weighted by atomic mass is 10.1. The summed E-state index contributed by atoms with van der Waals surface area (Å²) < 4.78 is 5.26. The zero-order valence-electron chi connectivity index (χ0n) is 10.7. The number of amides is 1.